The monoisotopic (exact) mass is 233 g/mol. The van der Waals surface area contributed by atoms with Gasteiger partial charge in [-0.25, -0.2) is 4.39 Å². The van der Waals surface area contributed by atoms with Crippen molar-refractivity contribution < 1.29 is 4.39 Å². The molecule has 1 N–H and O–H groups in total. The molecule has 17 heavy (non-hydrogen) atoms. The van der Waals surface area contributed by atoms with Gasteiger partial charge in [-0.2, -0.15) is 5.26 Å². The number of nitriles is 1. The summed E-state index contributed by atoms with van der Waals surface area (Å²) in [5, 5.41) is 12.0. The number of rotatable bonds is 3. The van der Waals surface area contributed by atoms with Crippen LogP contribution in [0.5, 0.6) is 0 Å². The quantitative estimate of drug-likeness (QED) is 0.859. The summed E-state index contributed by atoms with van der Waals surface area (Å²) < 4.78 is 13.6. The first kappa shape index (κ1) is 12.0. The molecule has 0 amide bonds. The minimum atomic E-state index is -0.303. The maximum atomic E-state index is 13.6. The maximum Gasteiger partial charge on any atom is 0.129 e. The van der Waals surface area contributed by atoms with Crippen molar-refractivity contribution >= 4 is 0 Å². The number of likely N-dealkylation sites (tertiary alicyclic amines) is 1. The maximum absolute atomic E-state index is 13.6. The van der Waals surface area contributed by atoms with E-state index in [9.17, 15) is 4.39 Å². The third kappa shape index (κ3) is 3.02. The Bertz CT molecular complexity index is 439. The van der Waals surface area contributed by atoms with Crippen LogP contribution in [0, 0.1) is 17.1 Å². The van der Waals surface area contributed by atoms with Gasteiger partial charge in [0, 0.05) is 24.7 Å². The zero-order valence-electron chi connectivity index (χ0n) is 9.91. The lowest BCUT2D eigenvalue weighted by Gasteiger charge is -2.13. The molecule has 1 fully saturated rings. The standard InChI is InChI=1S/C13H16FN3/c1-17-5-4-12(9-17)16-8-11-3-2-10(7-15)6-13(11)14/h2-3,6,12,16H,4-5,8-9H2,1H3. The normalized spacial score (nSPS) is 20.4. The van der Waals surface area contributed by atoms with Gasteiger partial charge in [0.15, 0.2) is 0 Å². The van der Waals surface area contributed by atoms with Crippen LogP contribution in [0.2, 0.25) is 0 Å². The molecule has 0 aromatic heterocycles. The van der Waals surface area contributed by atoms with Gasteiger partial charge in [0.25, 0.3) is 0 Å². The highest BCUT2D eigenvalue weighted by Gasteiger charge is 2.18. The first-order valence-corrected chi connectivity index (χ1v) is 5.79. The second-order valence-corrected chi connectivity index (χ2v) is 4.55. The molecule has 3 nitrogen and oxygen atoms in total. The third-order valence-electron chi connectivity index (χ3n) is 3.15. The summed E-state index contributed by atoms with van der Waals surface area (Å²) in [7, 11) is 2.09. The Hall–Kier alpha value is -1.44. The summed E-state index contributed by atoms with van der Waals surface area (Å²) in [5.41, 5.74) is 0.991. The lowest BCUT2D eigenvalue weighted by Crippen LogP contribution is -2.31. The molecule has 1 aliphatic heterocycles. The zero-order valence-corrected chi connectivity index (χ0v) is 9.91. The van der Waals surface area contributed by atoms with E-state index in [-0.39, 0.29) is 5.82 Å². The minimum Gasteiger partial charge on any atom is -0.308 e. The second kappa shape index (κ2) is 5.26. The van der Waals surface area contributed by atoms with Gasteiger partial charge in [-0.05, 0) is 32.1 Å². The topological polar surface area (TPSA) is 39.1 Å². The highest BCUT2D eigenvalue weighted by Crippen LogP contribution is 2.12. The van der Waals surface area contributed by atoms with Crippen LogP contribution in [0.3, 0.4) is 0 Å². The highest BCUT2D eigenvalue weighted by molar-refractivity contribution is 5.32. The number of hydrogen-bond acceptors (Lipinski definition) is 3. The molecule has 1 heterocycles. The van der Waals surface area contributed by atoms with Crippen LogP contribution >= 0.6 is 0 Å². The lowest BCUT2D eigenvalue weighted by molar-refractivity contribution is 0.397. The van der Waals surface area contributed by atoms with Gasteiger partial charge >= 0.3 is 0 Å². The molecule has 0 saturated carbocycles. The number of benzene rings is 1. The van der Waals surface area contributed by atoms with Crippen LogP contribution < -0.4 is 5.32 Å². The summed E-state index contributed by atoms with van der Waals surface area (Å²) in [5.74, 6) is -0.303. The zero-order chi connectivity index (χ0) is 12.3. The van der Waals surface area contributed by atoms with Crippen molar-refractivity contribution in [3.63, 3.8) is 0 Å². The number of halogens is 1. The van der Waals surface area contributed by atoms with E-state index < -0.39 is 0 Å². The first-order valence-electron chi connectivity index (χ1n) is 5.79. The van der Waals surface area contributed by atoms with Crippen molar-refractivity contribution in [1.29, 1.82) is 5.26 Å². The Kier molecular flexibility index (Phi) is 3.72. The van der Waals surface area contributed by atoms with Crippen LogP contribution in [0.1, 0.15) is 17.5 Å². The summed E-state index contributed by atoms with van der Waals surface area (Å²) in [4.78, 5) is 2.26. The molecule has 2 rings (SSSR count). The van der Waals surface area contributed by atoms with Crippen LogP contribution in [0.25, 0.3) is 0 Å². The molecule has 0 aliphatic carbocycles. The molecule has 0 bridgehead atoms. The average molecular weight is 233 g/mol. The van der Waals surface area contributed by atoms with Crippen molar-refractivity contribution in [1.82, 2.24) is 10.2 Å². The van der Waals surface area contributed by atoms with Crippen LogP contribution in [-0.4, -0.2) is 31.1 Å². The molecule has 1 saturated heterocycles. The largest absolute Gasteiger partial charge is 0.308 e. The van der Waals surface area contributed by atoms with E-state index in [1.807, 2.05) is 6.07 Å². The average Bonchev–Trinajstić information content (AvgIpc) is 2.73. The van der Waals surface area contributed by atoms with Gasteiger partial charge in [-0.1, -0.05) is 6.07 Å². The smallest absolute Gasteiger partial charge is 0.129 e. The SMILES string of the molecule is CN1CCC(NCc2ccc(C#N)cc2F)C1. The van der Waals surface area contributed by atoms with Crippen LogP contribution in [0.4, 0.5) is 4.39 Å². The fourth-order valence-corrected chi connectivity index (χ4v) is 2.12. The van der Waals surface area contributed by atoms with E-state index in [2.05, 4.69) is 17.3 Å². The molecular formula is C13H16FN3. The Morgan fingerprint density at radius 2 is 2.41 bits per heavy atom. The molecule has 1 unspecified atom stereocenters. The van der Waals surface area contributed by atoms with Crippen LogP contribution in [-0.2, 0) is 6.54 Å². The first-order chi connectivity index (χ1) is 8.19. The summed E-state index contributed by atoms with van der Waals surface area (Å²) in [6.45, 7) is 2.63. The lowest BCUT2D eigenvalue weighted by atomic mass is 10.1. The van der Waals surface area contributed by atoms with Gasteiger partial charge in [0.05, 0.1) is 11.6 Å². The van der Waals surface area contributed by atoms with Crippen molar-refractivity contribution in [3.8, 4) is 6.07 Å². The Balaban J connectivity index is 1.93. The summed E-state index contributed by atoms with van der Waals surface area (Å²) in [6.07, 6.45) is 1.11. The summed E-state index contributed by atoms with van der Waals surface area (Å²) >= 11 is 0. The molecule has 1 aromatic carbocycles. The predicted octanol–water partition coefficient (Wildman–Crippen LogP) is 1.49. The Labute approximate surface area is 101 Å². The molecule has 1 atom stereocenters. The molecule has 0 radical (unpaired) electrons. The van der Waals surface area contributed by atoms with E-state index in [1.54, 1.807) is 12.1 Å². The third-order valence-corrected chi connectivity index (χ3v) is 3.15. The van der Waals surface area contributed by atoms with Crippen LogP contribution in [0.15, 0.2) is 18.2 Å². The van der Waals surface area contributed by atoms with E-state index in [4.69, 9.17) is 5.26 Å². The van der Waals surface area contributed by atoms with Gasteiger partial charge in [-0.3, -0.25) is 0 Å². The highest BCUT2D eigenvalue weighted by atomic mass is 19.1. The predicted molar refractivity (Wildman–Crippen MR) is 63.9 cm³/mol. The molecule has 1 aromatic rings. The minimum absolute atomic E-state index is 0.303. The second-order valence-electron chi connectivity index (χ2n) is 4.55. The summed E-state index contributed by atoms with van der Waals surface area (Å²) in [6, 6.07) is 6.99. The molecule has 90 valence electrons. The fraction of sp³-hybridized carbons (Fsp3) is 0.462. The van der Waals surface area contributed by atoms with Gasteiger partial charge < -0.3 is 10.2 Å². The fourth-order valence-electron chi connectivity index (χ4n) is 2.12. The van der Waals surface area contributed by atoms with Crippen molar-refractivity contribution in [2.75, 3.05) is 20.1 Å². The number of nitrogens with one attached hydrogen (secondary N) is 1. The van der Waals surface area contributed by atoms with E-state index in [0.717, 1.165) is 19.5 Å². The number of likely N-dealkylation sites (N-methyl/N-ethyl adjacent to an activating group) is 1. The number of hydrogen-bond donors (Lipinski definition) is 1. The Morgan fingerprint density at radius 1 is 1.59 bits per heavy atom. The van der Waals surface area contributed by atoms with Crippen molar-refractivity contribution in [2.24, 2.45) is 0 Å². The van der Waals surface area contributed by atoms with E-state index in [0.29, 0.717) is 23.7 Å². The molecule has 0 spiro atoms. The molecule has 1 aliphatic rings. The number of nitrogens with zero attached hydrogens (tertiary/aromatic N) is 2. The molecular weight excluding hydrogens is 217 g/mol. The van der Waals surface area contributed by atoms with Crippen molar-refractivity contribution in [2.45, 2.75) is 19.0 Å². The van der Waals surface area contributed by atoms with Gasteiger partial charge in [0.2, 0.25) is 0 Å². The van der Waals surface area contributed by atoms with Gasteiger partial charge in [0.1, 0.15) is 5.82 Å². The van der Waals surface area contributed by atoms with E-state index >= 15 is 0 Å². The van der Waals surface area contributed by atoms with E-state index in [1.165, 1.54) is 6.07 Å². The van der Waals surface area contributed by atoms with Gasteiger partial charge in [-0.15, -0.1) is 0 Å². The molecule has 4 heteroatoms. The Morgan fingerprint density at radius 3 is 3.00 bits per heavy atom. The van der Waals surface area contributed by atoms with Crippen molar-refractivity contribution in [3.05, 3.63) is 35.1 Å².